The van der Waals surface area contributed by atoms with E-state index >= 15 is 0 Å². The molecule has 1 saturated heterocycles. The van der Waals surface area contributed by atoms with Gasteiger partial charge in [0.2, 0.25) is 33.3 Å². The fourth-order valence-corrected chi connectivity index (χ4v) is 9.62. The molecule has 3 heterocycles. The Morgan fingerprint density at radius 1 is 1.09 bits per heavy atom. The lowest BCUT2D eigenvalue weighted by atomic mass is 9.82. The van der Waals surface area contributed by atoms with Crippen molar-refractivity contribution in [3.63, 3.8) is 0 Å². The second kappa shape index (κ2) is 16.1. The molecular weight excluding hydrogens is 780 g/mol. The number of Topliss-reactive ketones (excluding diaryl/α,β-unsaturated/α-hetero) is 1. The first-order valence-electron chi connectivity index (χ1n) is 20.1. The number of hydrogen-bond donors (Lipinski definition) is 1. The summed E-state index contributed by atoms with van der Waals surface area (Å²) < 4.78 is 85.9. The maximum Gasteiger partial charge on any atom is 0.427 e. The first-order valence-corrected chi connectivity index (χ1v) is 21.6. The molecule has 1 N–H and O–H groups in total. The molecule has 0 radical (unpaired) electrons. The number of nitrogens with zero attached hydrogens (tertiary/aromatic N) is 2. The summed E-state index contributed by atoms with van der Waals surface area (Å²) in [7, 11) is -4.03. The van der Waals surface area contributed by atoms with E-state index in [0.717, 1.165) is 19.2 Å². The van der Waals surface area contributed by atoms with Crippen molar-refractivity contribution in [1.82, 2.24) is 14.6 Å². The highest BCUT2D eigenvalue weighted by Crippen LogP contribution is 2.58. The fraction of sp³-hybridized carbons (Fsp3) is 0.643. The van der Waals surface area contributed by atoms with Gasteiger partial charge in [-0.15, -0.1) is 0 Å². The summed E-state index contributed by atoms with van der Waals surface area (Å²) in [6, 6.07) is 6.02. The van der Waals surface area contributed by atoms with Crippen molar-refractivity contribution < 1.29 is 55.0 Å². The third kappa shape index (κ3) is 9.01. The van der Waals surface area contributed by atoms with Gasteiger partial charge in [-0.25, -0.2) is 13.4 Å². The molecule has 16 heteroatoms. The number of sulfonamides is 1. The van der Waals surface area contributed by atoms with Crippen LogP contribution < -0.4 is 14.2 Å². The number of pyridine rings is 1. The largest absolute Gasteiger partial charge is 0.494 e. The van der Waals surface area contributed by atoms with E-state index in [-0.39, 0.29) is 37.6 Å². The Morgan fingerprint density at radius 2 is 1.81 bits per heavy atom. The lowest BCUT2D eigenvalue weighted by Crippen LogP contribution is -2.48. The van der Waals surface area contributed by atoms with E-state index in [0.29, 0.717) is 49.8 Å². The second-order valence-corrected chi connectivity index (χ2v) is 19.7. The average molecular weight is 834 g/mol. The van der Waals surface area contributed by atoms with E-state index in [2.05, 4.69) is 9.71 Å². The van der Waals surface area contributed by atoms with Gasteiger partial charge in [0.1, 0.15) is 11.9 Å². The number of alkyl halides is 3. The minimum Gasteiger partial charge on any atom is -0.494 e. The van der Waals surface area contributed by atoms with Gasteiger partial charge in [-0.3, -0.25) is 23.9 Å². The molecule has 1 aromatic heterocycles. The predicted molar refractivity (Wildman–Crippen MR) is 208 cm³/mol. The summed E-state index contributed by atoms with van der Waals surface area (Å²) in [6.07, 6.45) is 1.39. The molecule has 12 nitrogen and oxygen atoms in total. The van der Waals surface area contributed by atoms with Crippen molar-refractivity contribution in [3.8, 4) is 11.6 Å². The van der Waals surface area contributed by atoms with Gasteiger partial charge in [0, 0.05) is 24.4 Å². The summed E-state index contributed by atoms with van der Waals surface area (Å²) in [4.78, 5) is 62.4. The summed E-state index contributed by atoms with van der Waals surface area (Å²) >= 11 is 0. The highest BCUT2D eigenvalue weighted by Gasteiger charge is 2.63. The number of benzene rings is 1. The van der Waals surface area contributed by atoms with E-state index in [1.807, 2.05) is 32.1 Å². The number of hydrogen-bond acceptors (Lipinski definition) is 10. The summed E-state index contributed by atoms with van der Waals surface area (Å²) in [6.45, 7) is 9.00. The number of fused-ring (bicyclic) bond motifs is 3. The lowest BCUT2D eigenvalue weighted by Gasteiger charge is -2.33. The first kappa shape index (κ1) is 43.4. The summed E-state index contributed by atoms with van der Waals surface area (Å²) in [5, 5.41) is 1.42. The van der Waals surface area contributed by atoms with Gasteiger partial charge in [0.05, 0.1) is 41.7 Å². The second-order valence-electron chi connectivity index (χ2n) is 17.5. The van der Waals surface area contributed by atoms with E-state index in [1.54, 1.807) is 38.2 Å². The number of carbonyl (C=O) groups excluding carboxylic acids is 4. The van der Waals surface area contributed by atoms with Crippen molar-refractivity contribution in [2.24, 2.45) is 29.1 Å². The predicted octanol–water partition coefficient (Wildman–Crippen LogP) is 6.85. The van der Waals surface area contributed by atoms with Crippen LogP contribution in [0.25, 0.3) is 10.8 Å². The molecule has 6 rings (SSSR count). The van der Waals surface area contributed by atoms with Crippen molar-refractivity contribution >= 4 is 44.4 Å². The molecule has 0 bridgehead atoms. The molecule has 1 aromatic carbocycles. The average Bonchev–Trinajstić information content (AvgIpc) is 4.01. The fourth-order valence-electron chi connectivity index (χ4n) is 8.29. The number of carbonyl (C=O) groups is 4. The van der Waals surface area contributed by atoms with Gasteiger partial charge in [-0.05, 0) is 114 Å². The topological polar surface area (TPSA) is 158 Å². The smallest absolute Gasteiger partial charge is 0.427 e. The Morgan fingerprint density at radius 3 is 2.48 bits per heavy atom. The zero-order chi connectivity index (χ0) is 42.4. The van der Waals surface area contributed by atoms with E-state index in [9.17, 15) is 40.8 Å². The monoisotopic (exact) mass is 833 g/mol. The van der Waals surface area contributed by atoms with Crippen LogP contribution in [0.1, 0.15) is 99.3 Å². The number of halogens is 3. The maximum absolute atomic E-state index is 14.8. The molecule has 3 fully saturated rings. The number of aromatic nitrogens is 1. The highest BCUT2D eigenvalue weighted by atomic mass is 32.2. The van der Waals surface area contributed by atoms with Crippen LogP contribution in [-0.2, 0) is 33.9 Å². The Kier molecular flexibility index (Phi) is 12.0. The molecule has 58 heavy (non-hydrogen) atoms. The van der Waals surface area contributed by atoms with Crippen LogP contribution in [0, 0.1) is 29.1 Å². The number of ether oxygens (including phenoxy) is 3. The minimum atomic E-state index is -4.86. The van der Waals surface area contributed by atoms with Gasteiger partial charge in [0.25, 0.3) is 0 Å². The number of esters is 1. The zero-order valence-corrected chi connectivity index (χ0v) is 34.7. The SMILES string of the molecule is CCOc1ccc2c(O[C@@H]3C[C@H]4C(=O)C[C@]5(C(=O)NS(=O)(=O)C6(C)CC6)C[C@H]5/C=C\CC[C@H](C)C[C@@H](C)[C@H](CC(=O)OC(C)(C)C(F)(F)F)C(=O)N4C3)nccc2c1. The maximum atomic E-state index is 14.8. The Bertz CT molecular complexity index is 2070. The van der Waals surface area contributed by atoms with E-state index in [1.165, 1.54) is 4.90 Å². The van der Waals surface area contributed by atoms with Crippen molar-refractivity contribution in [2.45, 2.75) is 128 Å². The number of rotatable bonds is 10. The third-order valence-electron chi connectivity index (χ3n) is 12.5. The third-order valence-corrected chi connectivity index (χ3v) is 14.7. The molecular formula is C42H54F3N3O9S. The van der Waals surface area contributed by atoms with Crippen LogP contribution >= 0.6 is 0 Å². The molecule has 7 atom stereocenters. The van der Waals surface area contributed by atoms with Crippen LogP contribution in [-0.4, -0.2) is 83.7 Å². The van der Waals surface area contributed by atoms with Gasteiger partial charge in [-0.1, -0.05) is 26.0 Å². The molecule has 2 saturated carbocycles. The first-order chi connectivity index (χ1) is 27.1. The Balaban J connectivity index is 1.35. The van der Waals surface area contributed by atoms with Crippen LogP contribution in [0.4, 0.5) is 13.2 Å². The molecule has 2 aromatic rings. The van der Waals surface area contributed by atoms with Crippen LogP contribution in [0.3, 0.4) is 0 Å². The standard InChI is InChI=1S/C42H54F3N3O9S/c1-7-55-29-12-13-31-27(19-29)14-17-46-36(31)56-30-20-33-34(49)23-41(38(52)47-58(53,54)40(6)15-16-40)22-28(41)11-9-8-10-25(2)18-26(3)32(37(51)48(33)24-30)21-35(50)57-39(4,5)42(43,44)45/h9,11-14,17,19,25-26,28,30,32-33H,7-8,10,15-16,18,20-24H2,1-6H3,(H,47,52)/b11-9-/t25-,26+,28+,30+,32-,33-,41+/m0/s1. The minimum absolute atomic E-state index is 0.0166. The molecule has 0 spiro atoms. The van der Waals surface area contributed by atoms with Gasteiger partial charge in [0.15, 0.2) is 5.78 Å². The van der Waals surface area contributed by atoms with Crippen molar-refractivity contribution in [2.75, 3.05) is 13.2 Å². The van der Waals surface area contributed by atoms with Crippen molar-refractivity contribution in [3.05, 3.63) is 42.6 Å². The molecule has 2 aliphatic carbocycles. The Hall–Kier alpha value is -4.21. The molecule has 4 aliphatic rings. The quantitative estimate of drug-likeness (QED) is 0.198. The van der Waals surface area contributed by atoms with Gasteiger partial charge in [-0.2, -0.15) is 13.2 Å². The van der Waals surface area contributed by atoms with Crippen molar-refractivity contribution in [1.29, 1.82) is 0 Å². The zero-order valence-electron chi connectivity index (χ0n) is 33.9. The molecule has 318 valence electrons. The summed E-state index contributed by atoms with van der Waals surface area (Å²) in [5.41, 5.74) is -4.18. The lowest BCUT2D eigenvalue weighted by molar-refractivity contribution is -0.257. The van der Waals surface area contributed by atoms with E-state index in [4.69, 9.17) is 14.2 Å². The highest BCUT2D eigenvalue weighted by molar-refractivity contribution is 7.91. The number of allylic oxidation sites excluding steroid dienone is 2. The summed E-state index contributed by atoms with van der Waals surface area (Å²) in [5.74, 6) is -4.27. The molecule has 2 aliphatic heterocycles. The molecule has 2 amide bonds. The van der Waals surface area contributed by atoms with E-state index < -0.39 is 91.8 Å². The van der Waals surface area contributed by atoms with Crippen LogP contribution in [0.5, 0.6) is 11.6 Å². The Labute approximate surface area is 337 Å². The van der Waals surface area contributed by atoms with Gasteiger partial charge >= 0.3 is 12.1 Å². The van der Waals surface area contributed by atoms with Gasteiger partial charge < -0.3 is 19.1 Å². The molecule has 0 unspecified atom stereocenters. The number of ketones is 1. The number of nitrogens with one attached hydrogen (secondary N) is 1. The van der Waals surface area contributed by atoms with Crippen LogP contribution in [0.15, 0.2) is 42.6 Å². The van der Waals surface area contributed by atoms with Crippen LogP contribution in [0.2, 0.25) is 0 Å². The normalized spacial score (nSPS) is 29.6. The number of amides is 2.